The molecule has 1 saturated heterocycles. The summed E-state index contributed by atoms with van der Waals surface area (Å²) in [6.45, 7) is 7.69. The van der Waals surface area contributed by atoms with Crippen molar-refractivity contribution in [3.05, 3.63) is 60.2 Å². The van der Waals surface area contributed by atoms with Crippen LogP contribution in [0.1, 0.15) is 38.8 Å². The summed E-state index contributed by atoms with van der Waals surface area (Å²) in [4.78, 5) is 14.4. The molecule has 2 aromatic rings. The van der Waals surface area contributed by atoms with Crippen LogP contribution in [0.25, 0.3) is 0 Å². The molecule has 1 heterocycles. The molecule has 2 atom stereocenters. The van der Waals surface area contributed by atoms with Crippen molar-refractivity contribution >= 4 is 6.09 Å². The first-order valence-corrected chi connectivity index (χ1v) is 10.1. The van der Waals surface area contributed by atoms with Gasteiger partial charge in [-0.05, 0) is 57.0 Å². The Morgan fingerprint density at radius 3 is 2.59 bits per heavy atom. The fourth-order valence-corrected chi connectivity index (χ4v) is 3.57. The number of hydrogen-bond donors (Lipinski definition) is 2. The molecule has 3 rings (SSSR count). The van der Waals surface area contributed by atoms with Crippen LogP contribution in [0.2, 0.25) is 0 Å². The molecule has 0 radical (unpaired) electrons. The number of nitrogens with two attached hydrogens (primary N) is 1. The minimum Gasteiger partial charge on any atom is -0.457 e. The maximum atomic E-state index is 12.1. The largest absolute Gasteiger partial charge is 0.457 e. The minimum atomic E-state index is -0.499. The van der Waals surface area contributed by atoms with Crippen molar-refractivity contribution in [3.8, 4) is 11.5 Å². The summed E-state index contributed by atoms with van der Waals surface area (Å²) >= 11 is 0. The van der Waals surface area contributed by atoms with Gasteiger partial charge in [-0.15, -0.1) is 0 Å². The van der Waals surface area contributed by atoms with E-state index in [2.05, 4.69) is 16.3 Å². The number of para-hydroxylation sites is 1. The molecule has 29 heavy (non-hydrogen) atoms. The Morgan fingerprint density at radius 2 is 1.90 bits per heavy atom. The Bertz CT molecular complexity index is 805. The van der Waals surface area contributed by atoms with Crippen LogP contribution in [-0.4, -0.2) is 42.3 Å². The summed E-state index contributed by atoms with van der Waals surface area (Å²) < 4.78 is 11.3. The first kappa shape index (κ1) is 21.1. The fraction of sp³-hybridized carbons (Fsp3) is 0.435. The number of likely N-dealkylation sites (tertiary alicyclic amines) is 1. The van der Waals surface area contributed by atoms with Crippen molar-refractivity contribution in [2.45, 2.75) is 44.9 Å². The smallest absolute Gasteiger partial charge is 0.407 e. The van der Waals surface area contributed by atoms with Gasteiger partial charge in [0, 0.05) is 31.7 Å². The molecule has 6 heteroatoms. The second kappa shape index (κ2) is 9.29. The molecule has 1 amide bonds. The van der Waals surface area contributed by atoms with Gasteiger partial charge in [0.1, 0.15) is 17.1 Å². The van der Waals surface area contributed by atoms with E-state index < -0.39 is 5.60 Å². The molecule has 1 aliphatic rings. The lowest BCUT2D eigenvalue weighted by atomic mass is 10.1. The third-order valence-electron chi connectivity index (χ3n) is 4.83. The van der Waals surface area contributed by atoms with E-state index in [1.807, 2.05) is 69.3 Å². The normalized spacial score (nSPS) is 18.3. The second-order valence-corrected chi connectivity index (χ2v) is 8.37. The predicted octanol–water partition coefficient (Wildman–Crippen LogP) is 4.08. The van der Waals surface area contributed by atoms with Gasteiger partial charge in [-0.25, -0.2) is 4.79 Å². The van der Waals surface area contributed by atoms with Crippen molar-refractivity contribution < 1.29 is 14.3 Å². The molecule has 3 N–H and O–H groups in total. The Hall–Kier alpha value is -2.57. The number of amides is 1. The highest BCUT2D eigenvalue weighted by Gasteiger charge is 2.30. The van der Waals surface area contributed by atoms with Crippen LogP contribution in [0.4, 0.5) is 4.79 Å². The third kappa shape index (κ3) is 6.21. The topological polar surface area (TPSA) is 76.8 Å². The highest BCUT2D eigenvalue weighted by Crippen LogP contribution is 2.29. The number of nitrogens with one attached hydrogen (secondary N) is 1. The van der Waals surface area contributed by atoms with Gasteiger partial charge in [0.25, 0.3) is 0 Å². The van der Waals surface area contributed by atoms with Gasteiger partial charge >= 0.3 is 6.09 Å². The van der Waals surface area contributed by atoms with Crippen LogP contribution in [0, 0.1) is 0 Å². The fourth-order valence-electron chi connectivity index (χ4n) is 3.57. The zero-order valence-electron chi connectivity index (χ0n) is 17.4. The number of ether oxygens (including phenoxy) is 2. The molecular weight excluding hydrogens is 366 g/mol. The van der Waals surface area contributed by atoms with E-state index in [4.69, 9.17) is 15.2 Å². The van der Waals surface area contributed by atoms with E-state index in [9.17, 15) is 4.79 Å². The Kier molecular flexibility index (Phi) is 6.77. The van der Waals surface area contributed by atoms with E-state index in [1.54, 1.807) is 0 Å². The Labute approximate surface area is 173 Å². The second-order valence-electron chi connectivity index (χ2n) is 8.37. The summed E-state index contributed by atoms with van der Waals surface area (Å²) in [6.07, 6.45) is 0.502. The van der Waals surface area contributed by atoms with Crippen molar-refractivity contribution in [2.75, 3.05) is 19.6 Å². The number of rotatable bonds is 6. The van der Waals surface area contributed by atoms with E-state index in [1.165, 1.54) is 0 Å². The number of benzene rings is 2. The summed E-state index contributed by atoms with van der Waals surface area (Å²) in [7, 11) is 0. The quantitative estimate of drug-likeness (QED) is 0.768. The SMILES string of the molecule is CC(C)(C)OC(=O)N[C@@H]1CCN([C@H](CN)c2cccc(Oc3ccccc3)c2)C1. The zero-order valence-corrected chi connectivity index (χ0v) is 17.4. The van der Waals surface area contributed by atoms with Crippen molar-refractivity contribution in [1.82, 2.24) is 10.2 Å². The number of carbonyl (C=O) groups excluding carboxylic acids is 1. The molecule has 1 fully saturated rings. The Morgan fingerprint density at radius 1 is 1.17 bits per heavy atom. The van der Waals surface area contributed by atoms with Crippen molar-refractivity contribution in [1.29, 1.82) is 0 Å². The molecule has 0 bridgehead atoms. The van der Waals surface area contributed by atoms with Gasteiger partial charge in [-0.1, -0.05) is 30.3 Å². The molecule has 0 unspecified atom stereocenters. The first-order valence-electron chi connectivity index (χ1n) is 10.1. The average molecular weight is 398 g/mol. The van der Waals surface area contributed by atoms with Gasteiger partial charge in [0.05, 0.1) is 0 Å². The van der Waals surface area contributed by atoms with Crippen LogP contribution in [0.15, 0.2) is 54.6 Å². The number of alkyl carbamates (subject to hydrolysis) is 1. The molecule has 1 aliphatic heterocycles. The van der Waals surface area contributed by atoms with Crippen LogP contribution < -0.4 is 15.8 Å². The molecule has 6 nitrogen and oxygen atoms in total. The lowest BCUT2D eigenvalue weighted by Crippen LogP contribution is -2.41. The highest BCUT2D eigenvalue weighted by molar-refractivity contribution is 5.68. The molecule has 0 aromatic heterocycles. The number of carbonyl (C=O) groups is 1. The highest BCUT2D eigenvalue weighted by atomic mass is 16.6. The standard InChI is InChI=1S/C23H31N3O3/c1-23(2,3)29-22(27)25-18-12-13-26(16-18)21(15-24)17-8-7-11-20(14-17)28-19-9-5-4-6-10-19/h4-11,14,18,21H,12-13,15-16,24H2,1-3H3,(H,25,27)/t18-,21-/m1/s1. The molecule has 0 spiro atoms. The maximum absolute atomic E-state index is 12.1. The average Bonchev–Trinajstić information content (AvgIpc) is 3.10. The first-order chi connectivity index (χ1) is 13.8. The Balaban J connectivity index is 1.63. The summed E-state index contributed by atoms with van der Waals surface area (Å²) in [5.74, 6) is 1.59. The van der Waals surface area contributed by atoms with Gasteiger partial charge in [-0.3, -0.25) is 4.90 Å². The van der Waals surface area contributed by atoms with E-state index in [0.717, 1.165) is 36.6 Å². The third-order valence-corrected chi connectivity index (χ3v) is 4.83. The minimum absolute atomic E-state index is 0.0580. The molecule has 2 aromatic carbocycles. The van der Waals surface area contributed by atoms with Crippen LogP contribution in [0.3, 0.4) is 0 Å². The molecule has 0 aliphatic carbocycles. The van der Waals surface area contributed by atoms with Gasteiger partial charge in [0.15, 0.2) is 0 Å². The van der Waals surface area contributed by atoms with Gasteiger partial charge < -0.3 is 20.5 Å². The van der Waals surface area contributed by atoms with Crippen LogP contribution in [0.5, 0.6) is 11.5 Å². The lowest BCUT2D eigenvalue weighted by Gasteiger charge is -2.27. The van der Waals surface area contributed by atoms with Crippen LogP contribution in [-0.2, 0) is 4.74 Å². The zero-order chi connectivity index (χ0) is 20.9. The predicted molar refractivity (Wildman–Crippen MR) is 114 cm³/mol. The van der Waals surface area contributed by atoms with Gasteiger partial charge in [0.2, 0.25) is 0 Å². The lowest BCUT2D eigenvalue weighted by molar-refractivity contribution is 0.0504. The monoisotopic (exact) mass is 397 g/mol. The van der Waals surface area contributed by atoms with Crippen LogP contribution >= 0.6 is 0 Å². The summed E-state index contributed by atoms with van der Waals surface area (Å²) in [6, 6.07) is 17.9. The van der Waals surface area contributed by atoms with E-state index >= 15 is 0 Å². The number of nitrogens with zero attached hydrogens (tertiary/aromatic N) is 1. The maximum Gasteiger partial charge on any atom is 0.407 e. The molecule has 0 saturated carbocycles. The van der Waals surface area contributed by atoms with E-state index in [-0.39, 0.29) is 18.2 Å². The summed E-state index contributed by atoms with van der Waals surface area (Å²) in [5, 5.41) is 2.97. The summed E-state index contributed by atoms with van der Waals surface area (Å²) in [5.41, 5.74) is 6.73. The van der Waals surface area contributed by atoms with Crippen molar-refractivity contribution in [3.63, 3.8) is 0 Å². The van der Waals surface area contributed by atoms with E-state index in [0.29, 0.717) is 6.54 Å². The molecule has 156 valence electrons. The van der Waals surface area contributed by atoms with Gasteiger partial charge in [-0.2, -0.15) is 0 Å². The molecular formula is C23H31N3O3. The van der Waals surface area contributed by atoms with Crippen molar-refractivity contribution in [2.24, 2.45) is 5.73 Å². The number of hydrogen-bond acceptors (Lipinski definition) is 5.